The number of halogens is 1. The third-order valence-electron chi connectivity index (χ3n) is 5.98. The molecule has 1 saturated heterocycles. The number of carbonyl (C=O) groups is 1. The minimum absolute atomic E-state index is 0.116. The molecule has 2 heterocycles. The third-order valence-corrected chi connectivity index (χ3v) is 6.23. The van der Waals surface area contributed by atoms with Crippen molar-refractivity contribution in [2.24, 2.45) is 0 Å². The molecule has 1 aromatic heterocycles. The van der Waals surface area contributed by atoms with Crippen LogP contribution >= 0.6 is 11.6 Å². The Balaban J connectivity index is 1.59. The highest BCUT2D eigenvalue weighted by Gasteiger charge is 2.18. The lowest BCUT2D eigenvalue weighted by Gasteiger charge is -2.26. The summed E-state index contributed by atoms with van der Waals surface area (Å²) in [7, 11) is 0. The summed E-state index contributed by atoms with van der Waals surface area (Å²) < 4.78 is 1.71. The topological polar surface area (TPSA) is 50.2 Å². The highest BCUT2D eigenvalue weighted by molar-refractivity contribution is 6.30. The molecule has 1 amide bonds. The second kappa shape index (κ2) is 9.67. The minimum atomic E-state index is -0.116. The molecule has 0 atom stereocenters. The smallest absolute Gasteiger partial charge is 0.270 e. The summed E-state index contributed by atoms with van der Waals surface area (Å²) in [5.41, 5.74) is 5.54. The maximum Gasteiger partial charge on any atom is 0.270 e. The van der Waals surface area contributed by atoms with Gasteiger partial charge in [-0.15, -0.1) is 0 Å². The number of amides is 1. The van der Waals surface area contributed by atoms with Crippen molar-refractivity contribution in [3.8, 4) is 16.9 Å². The molecule has 0 radical (unpaired) electrons. The van der Waals surface area contributed by atoms with E-state index in [1.165, 1.54) is 30.4 Å². The van der Waals surface area contributed by atoms with Gasteiger partial charge in [-0.3, -0.25) is 4.79 Å². The molecule has 1 aliphatic rings. The Hall–Kier alpha value is -2.63. The van der Waals surface area contributed by atoms with E-state index in [0.29, 0.717) is 17.3 Å². The van der Waals surface area contributed by atoms with Crippen LogP contribution in [0.2, 0.25) is 5.02 Å². The van der Waals surface area contributed by atoms with Gasteiger partial charge in [0.2, 0.25) is 0 Å². The van der Waals surface area contributed by atoms with Crippen LogP contribution in [0.1, 0.15) is 40.9 Å². The van der Waals surface area contributed by atoms with E-state index >= 15 is 0 Å². The average Bonchev–Trinajstić information content (AvgIpc) is 3.22. The van der Waals surface area contributed by atoms with Crippen molar-refractivity contribution in [2.75, 3.05) is 26.2 Å². The molecule has 1 N–H and O–H groups in total. The fourth-order valence-electron chi connectivity index (χ4n) is 3.96. The summed E-state index contributed by atoms with van der Waals surface area (Å²) in [5, 5.41) is 8.51. The lowest BCUT2D eigenvalue weighted by molar-refractivity contribution is 0.0939. The zero-order valence-electron chi connectivity index (χ0n) is 18.2. The third kappa shape index (κ3) is 5.17. The number of hydrogen-bond acceptors (Lipinski definition) is 3. The van der Waals surface area contributed by atoms with Crippen LogP contribution in [0.4, 0.5) is 0 Å². The van der Waals surface area contributed by atoms with Gasteiger partial charge in [-0.2, -0.15) is 5.10 Å². The Morgan fingerprint density at radius 1 is 1.00 bits per heavy atom. The zero-order chi connectivity index (χ0) is 21.8. The number of benzene rings is 2. The summed E-state index contributed by atoms with van der Waals surface area (Å²) in [6.45, 7) is 7.93. The molecule has 31 heavy (non-hydrogen) atoms. The van der Waals surface area contributed by atoms with Crippen LogP contribution in [0, 0.1) is 13.8 Å². The number of aryl methyl sites for hydroxylation is 2. The van der Waals surface area contributed by atoms with Crippen molar-refractivity contribution in [3.63, 3.8) is 0 Å². The Morgan fingerprint density at radius 2 is 1.74 bits per heavy atom. The molecule has 6 heteroatoms. The van der Waals surface area contributed by atoms with E-state index in [1.54, 1.807) is 4.68 Å². The predicted molar refractivity (Wildman–Crippen MR) is 126 cm³/mol. The van der Waals surface area contributed by atoms with E-state index in [4.69, 9.17) is 16.7 Å². The lowest BCUT2D eigenvalue weighted by atomic mass is 10.0. The van der Waals surface area contributed by atoms with E-state index in [2.05, 4.69) is 42.3 Å². The van der Waals surface area contributed by atoms with Crippen LogP contribution in [0.5, 0.6) is 0 Å². The van der Waals surface area contributed by atoms with Crippen molar-refractivity contribution in [1.29, 1.82) is 0 Å². The maximum absolute atomic E-state index is 13.1. The number of aromatic nitrogens is 2. The highest BCUT2D eigenvalue weighted by atomic mass is 35.5. The number of likely N-dealkylation sites (tertiary alicyclic amines) is 1. The highest BCUT2D eigenvalue weighted by Crippen LogP contribution is 2.24. The van der Waals surface area contributed by atoms with E-state index in [0.717, 1.165) is 36.6 Å². The van der Waals surface area contributed by atoms with Crippen LogP contribution in [0.3, 0.4) is 0 Å². The number of nitrogens with one attached hydrogen (secondary N) is 1. The Kier molecular flexibility index (Phi) is 6.73. The van der Waals surface area contributed by atoms with Crippen LogP contribution in [-0.2, 0) is 0 Å². The van der Waals surface area contributed by atoms with Gasteiger partial charge in [-0.1, -0.05) is 30.2 Å². The Labute approximate surface area is 189 Å². The first-order chi connectivity index (χ1) is 15.0. The van der Waals surface area contributed by atoms with Crippen LogP contribution in [0.15, 0.2) is 48.5 Å². The number of carbonyl (C=O) groups excluding carboxylic acids is 1. The van der Waals surface area contributed by atoms with Gasteiger partial charge in [0.15, 0.2) is 0 Å². The second-order valence-electron chi connectivity index (χ2n) is 8.26. The first-order valence-electron chi connectivity index (χ1n) is 11.0. The molecule has 2 aromatic carbocycles. The first-order valence-corrected chi connectivity index (χ1v) is 11.3. The molecule has 0 unspecified atom stereocenters. The second-order valence-corrected chi connectivity index (χ2v) is 8.70. The number of hydrogen-bond donors (Lipinski definition) is 1. The van der Waals surface area contributed by atoms with E-state index in [1.807, 2.05) is 30.3 Å². The molecule has 0 bridgehead atoms. The molecule has 4 rings (SSSR count). The summed E-state index contributed by atoms with van der Waals surface area (Å²) >= 11 is 6.06. The van der Waals surface area contributed by atoms with E-state index in [9.17, 15) is 4.79 Å². The quantitative estimate of drug-likeness (QED) is 0.589. The average molecular weight is 437 g/mol. The van der Waals surface area contributed by atoms with Gasteiger partial charge in [-0.05, 0) is 87.3 Å². The van der Waals surface area contributed by atoms with Crippen LogP contribution in [0.25, 0.3) is 16.9 Å². The molecular weight excluding hydrogens is 408 g/mol. The van der Waals surface area contributed by atoms with Crippen molar-refractivity contribution >= 4 is 17.5 Å². The monoisotopic (exact) mass is 436 g/mol. The minimum Gasteiger partial charge on any atom is -0.349 e. The van der Waals surface area contributed by atoms with Gasteiger partial charge in [-0.25, -0.2) is 4.68 Å². The molecule has 0 spiro atoms. The van der Waals surface area contributed by atoms with Crippen molar-refractivity contribution in [2.45, 2.75) is 33.1 Å². The van der Waals surface area contributed by atoms with Crippen LogP contribution < -0.4 is 5.32 Å². The molecular formula is C25H29ClN4O. The molecule has 162 valence electrons. The fourth-order valence-corrected chi connectivity index (χ4v) is 4.09. The zero-order valence-corrected chi connectivity index (χ0v) is 19.0. The van der Waals surface area contributed by atoms with Crippen molar-refractivity contribution in [3.05, 3.63) is 70.4 Å². The van der Waals surface area contributed by atoms with Gasteiger partial charge >= 0.3 is 0 Å². The normalized spacial score (nSPS) is 14.5. The maximum atomic E-state index is 13.1. The van der Waals surface area contributed by atoms with Gasteiger partial charge in [0.25, 0.3) is 5.91 Å². The standard InChI is InChI=1S/C25H29ClN4O/c1-18-6-7-20(16-19(18)2)23-17-24(30(28-23)22-10-8-21(26)9-11-22)25(31)27-12-15-29-13-4-3-5-14-29/h6-11,16-17H,3-5,12-15H2,1-2H3,(H,27,31). The Bertz CT molecular complexity index is 1050. The predicted octanol–water partition coefficient (Wildman–Crippen LogP) is 5.03. The number of piperidine rings is 1. The summed E-state index contributed by atoms with van der Waals surface area (Å²) in [6.07, 6.45) is 3.80. The summed E-state index contributed by atoms with van der Waals surface area (Å²) in [6, 6.07) is 15.5. The Morgan fingerprint density at radius 3 is 2.45 bits per heavy atom. The van der Waals surface area contributed by atoms with Crippen molar-refractivity contribution in [1.82, 2.24) is 20.0 Å². The van der Waals surface area contributed by atoms with E-state index in [-0.39, 0.29) is 5.91 Å². The van der Waals surface area contributed by atoms with Gasteiger partial charge < -0.3 is 10.2 Å². The van der Waals surface area contributed by atoms with Gasteiger partial charge in [0.1, 0.15) is 5.69 Å². The number of nitrogens with zero attached hydrogens (tertiary/aromatic N) is 3. The summed E-state index contributed by atoms with van der Waals surface area (Å²) in [4.78, 5) is 15.5. The molecule has 1 fully saturated rings. The van der Waals surface area contributed by atoms with Gasteiger partial charge in [0, 0.05) is 23.7 Å². The SMILES string of the molecule is Cc1ccc(-c2cc(C(=O)NCCN3CCCCC3)n(-c3ccc(Cl)cc3)n2)cc1C. The van der Waals surface area contributed by atoms with Gasteiger partial charge in [0.05, 0.1) is 11.4 Å². The van der Waals surface area contributed by atoms with Crippen LogP contribution in [-0.4, -0.2) is 46.8 Å². The molecule has 1 aliphatic heterocycles. The first kappa shape index (κ1) is 21.6. The van der Waals surface area contributed by atoms with Crippen molar-refractivity contribution < 1.29 is 4.79 Å². The molecule has 0 aliphatic carbocycles. The molecule has 0 saturated carbocycles. The lowest BCUT2D eigenvalue weighted by Crippen LogP contribution is -2.38. The fraction of sp³-hybridized carbons (Fsp3) is 0.360. The molecule has 5 nitrogen and oxygen atoms in total. The van der Waals surface area contributed by atoms with E-state index < -0.39 is 0 Å². The summed E-state index contributed by atoms with van der Waals surface area (Å²) in [5.74, 6) is -0.116. The largest absolute Gasteiger partial charge is 0.349 e. The number of rotatable bonds is 6. The molecule has 3 aromatic rings.